The van der Waals surface area contributed by atoms with Crippen molar-refractivity contribution in [1.82, 2.24) is 10.2 Å². The molecule has 1 fully saturated rings. The van der Waals surface area contributed by atoms with Gasteiger partial charge < -0.3 is 10.2 Å². The first-order chi connectivity index (χ1) is 8.16. The SMILES string of the molecule is CN(C(=O)Cc1ccc(F)cc1)C1CCNC1.Cl. The Bertz CT molecular complexity index is 390. The van der Waals surface area contributed by atoms with E-state index in [0.717, 1.165) is 25.1 Å². The summed E-state index contributed by atoms with van der Waals surface area (Å²) in [7, 11) is 1.84. The van der Waals surface area contributed by atoms with Crippen LogP contribution in [-0.2, 0) is 11.2 Å². The highest BCUT2D eigenvalue weighted by molar-refractivity contribution is 5.85. The van der Waals surface area contributed by atoms with Crippen LogP contribution >= 0.6 is 12.4 Å². The van der Waals surface area contributed by atoms with E-state index in [1.54, 1.807) is 17.0 Å². The second kappa shape index (κ2) is 6.71. The van der Waals surface area contributed by atoms with Crippen molar-refractivity contribution < 1.29 is 9.18 Å². The Hall–Kier alpha value is -1.13. The maximum Gasteiger partial charge on any atom is 0.227 e. The topological polar surface area (TPSA) is 32.3 Å². The number of hydrogen-bond donors (Lipinski definition) is 1. The third kappa shape index (κ3) is 3.68. The Kier molecular flexibility index (Phi) is 5.56. The van der Waals surface area contributed by atoms with Crippen LogP contribution in [0.1, 0.15) is 12.0 Å². The van der Waals surface area contributed by atoms with Crippen LogP contribution in [0.5, 0.6) is 0 Å². The van der Waals surface area contributed by atoms with Crippen LogP contribution in [0.25, 0.3) is 0 Å². The van der Waals surface area contributed by atoms with Crippen molar-refractivity contribution in [2.24, 2.45) is 0 Å². The first kappa shape index (κ1) is 14.9. The Labute approximate surface area is 113 Å². The predicted molar refractivity (Wildman–Crippen MR) is 71.4 cm³/mol. The lowest BCUT2D eigenvalue weighted by molar-refractivity contribution is -0.130. The standard InChI is InChI=1S/C13H17FN2O.ClH/c1-16(12-6-7-15-9-12)13(17)8-10-2-4-11(14)5-3-10;/h2-5,12,15H,6-9H2,1H3;1H. The molecule has 100 valence electrons. The number of nitrogens with zero attached hydrogens (tertiary/aromatic N) is 1. The van der Waals surface area contributed by atoms with Gasteiger partial charge in [0, 0.05) is 19.6 Å². The van der Waals surface area contributed by atoms with Crippen molar-refractivity contribution >= 4 is 18.3 Å². The molecule has 0 radical (unpaired) electrons. The molecule has 1 N–H and O–H groups in total. The van der Waals surface area contributed by atoms with Crippen molar-refractivity contribution in [2.45, 2.75) is 18.9 Å². The molecular weight excluding hydrogens is 255 g/mol. The third-order valence-corrected chi connectivity index (χ3v) is 3.24. The summed E-state index contributed by atoms with van der Waals surface area (Å²) in [5.74, 6) is -0.181. The molecule has 1 atom stereocenters. The van der Waals surface area contributed by atoms with E-state index in [-0.39, 0.29) is 24.1 Å². The minimum atomic E-state index is -0.269. The fraction of sp³-hybridized carbons (Fsp3) is 0.462. The quantitative estimate of drug-likeness (QED) is 0.907. The van der Waals surface area contributed by atoms with Gasteiger partial charge in [-0.1, -0.05) is 12.1 Å². The van der Waals surface area contributed by atoms with E-state index in [9.17, 15) is 9.18 Å². The second-order valence-corrected chi connectivity index (χ2v) is 4.45. The highest BCUT2D eigenvalue weighted by Gasteiger charge is 2.22. The molecule has 1 aromatic rings. The molecule has 1 aromatic carbocycles. The Morgan fingerprint density at radius 3 is 2.67 bits per heavy atom. The zero-order valence-electron chi connectivity index (χ0n) is 10.4. The molecule has 1 heterocycles. The van der Waals surface area contributed by atoms with Crippen LogP contribution in [0.4, 0.5) is 4.39 Å². The van der Waals surface area contributed by atoms with Gasteiger partial charge in [0.2, 0.25) is 5.91 Å². The van der Waals surface area contributed by atoms with Crippen LogP contribution in [0.2, 0.25) is 0 Å². The van der Waals surface area contributed by atoms with Crippen molar-refractivity contribution in [1.29, 1.82) is 0 Å². The molecule has 5 heteroatoms. The molecule has 1 aliphatic heterocycles. The van der Waals surface area contributed by atoms with Gasteiger partial charge in [0.05, 0.1) is 6.42 Å². The third-order valence-electron chi connectivity index (χ3n) is 3.24. The van der Waals surface area contributed by atoms with Gasteiger partial charge in [0.1, 0.15) is 5.82 Å². The number of nitrogens with one attached hydrogen (secondary N) is 1. The first-order valence-electron chi connectivity index (χ1n) is 5.87. The summed E-state index contributed by atoms with van der Waals surface area (Å²) in [6, 6.07) is 6.39. The molecular formula is C13H18ClFN2O. The summed E-state index contributed by atoms with van der Waals surface area (Å²) in [5.41, 5.74) is 0.856. The Morgan fingerprint density at radius 2 is 2.11 bits per heavy atom. The van der Waals surface area contributed by atoms with Gasteiger partial charge in [-0.05, 0) is 30.7 Å². The number of amides is 1. The van der Waals surface area contributed by atoms with Gasteiger partial charge in [-0.3, -0.25) is 4.79 Å². The Morgan fingerprint density at radius 1 is 1.44 bits per heavy atom. The lowest BCUT2D eigenvalue weighted by Gasteiger charge is -2.23. The van der Waals surface area contributed by atoms with E-state index in [1.807, 2.05) is 7.05 Å². The summed E-state index contributed by atoms with van der Waals surface area (Å²) < 4.78 is 12.7. The molecule has 1 amide bonds. The summed E-state index contributed by atoms with van der Waals surface area (Å²) in [4.78, 5) is 13.8. The van der Waals surface area contributed by atoms with Crippen LogP contribution in [-0.4, -0.2) is 37.0 Å². The van der Waals surface area contributed by atoms with Crippen molar-refractivity contribution in [3.05, 3.63) is 35.6 Å². The van der Waals surface area contributed by atoms with Gasteiger partial charge in [-0.2, -0.15) is 0 Å². The van der Waals surface area contributed by atoms with Gasteiger partial charge in [0.15, 0.2) is 0 Å². The maximum absolute atomic E-state index is 12.7. The van der Waals surface area contributed by atoms with Crippen molar-refractivity contribution in [2.75, 3.05) is 20.1 Å². The molecule has 0 bridgehead atoms. The maximum atomic E-state index is 12.7. The normalized spacial score (nSPS) is 18.2. The molecule has 0 saturated carbocycles. The zero-order chi connectivity index (χ0) is 12.3. The molecule has 1 saturated heterocycles. The second-order valence-electron chi connectivity index (χ2n) is 4.45. The molecule has 0 spiro atoms. The largest absolute Gasteiger partial charge is 0.341 e. The van der Waals surface area contributed by atoms with E-state index in [4.69, 9.17) is 0 Å². The van der Waals surface area contributed by atoms with Gasteiger partial charge in [-0.25, -0.2) is 4.39 Å². The first-order valence-corrected chi connectivity index (χ1v) is 5.87. The smallest absolute Gasteiger partial charge is 0.227 e. The number of carbonyl (C=O) groups is 1. The average molecular weight is 273 g/mol. The van der Waals surface area contributed by atoms with Crippen molar-refractivity contribution in [3.63, 3.8) is 0 Å². The van der Waals surface area contributed by atoms with E-state index in [0.29, 0.717) is 12.5 Å². The monoisotopic (exact) mass is 272 g/mol. The van der Waals surface area contributed by atoms with Crippen LogP contribution in [0, 0.1) is 5.82 Å². The van der Waals surface area contributed by atoms with Crippen molar-refractivity contribution in [3.8, 4) is 0 Å². The summed E-state index contributed by atoms with van der Waals surface area (Å²) in [6.45, 7) is 1.84. The van der Waals surface area contributed by atoms with Gasteiger partial charge in [0.25, 0.3) is 0 Å². The number of likely N-dealkylation sites (N-methyl/N-ethyl adjacent to an activating group) is 1. The van der Waals surface area contributed by atoms with E-state index >= 15 is 0 Å². The fourth-order valence-corrected chi connectivity index (χ4v) is 2.08. The highest BCUT2D eigenvalue weighted by atomic mass is 35.5. The number of carbonyl (C=O) groups excluding carboxylic acids is 1. The summed E-state index contributed by atoms with van der Waals surface area (Å²) in [6.07, 6.45) is 1.35. The number of halogens is 2. The highest BCUT2D eigenvalue weighted by Crippen LogP contribution is 2.10. The summed E-state index contributed by atoms with van der Waals surface area (Å²) in [5, 5.41) is 3.24. The van der Waals surface area contributed by atoms with Gasteiger partial charge >= 0.3 is 0 Å². The molecule has 3 nitrogen and oxygen atoms in total. The van der Waals surface area contributed by atoms with E-state index < -0.39 is 0 Å². The van der Waals surface area contributed by atoms with E-state index in [1.165, 1.54) is 12.1 Å². The van der Waals surface area contributed by atoms with Gasteiger partial charge in [-0.15, -0.1) is 12.4 Å². The number of hydrogen-bond acceptors (Lipinski definition) is 2. The van der Waals surface area contributed by atoms with Crippen LogP contribution in [0.15, 0.2) is 24.3 Å². The average Bonchev–Trinajstić information content (AvgIpc) is 2.84. The zero-order valence-corrected chi connectivity index (χ0v) is 11.2. The fourth-order valence-electron chi connectivity index (χ4n) is 2.08. The van der Waals surface area contributed by atoms with Crippen LogP contribution < -0.4 is 5.32 Å². The lowest BCUT2D eigenvalue weighted by atomic mass is 10.1. The minimum absolute atomic E-state index is 0. The molecule has 0 aromatic heterocycles. The lowest BCUT2D eigenvalue weighted by Crippen LogP contribution is -2.39. The van der Waals surface area contributed by atoms with Crippen LogP contribution in [0.3, 0.4) is 0 Å². The molecule has 2 rings (SSSR count). The predicted octanol–water partition coefficient (Wildman–Crippen LogP) is 1.61. The molecule has 1 aliphatic rings. The molecule has 0 aliphatic carbocycles. The summed E-state index contributed by atoms with van der Waals surface area (Å²) >= 11 is 0. The Balaban J connectivity index is 0.00000162. The number of benzene rings is 1. The molecule has 1 unspecified atom stereocenters. The number of rotatable bonds is 3. The minimum Gasteiger partial charge on any atom is -0.341 e. The molecule has 18 heavy (non-hydrogen) atoms. The van der Waals surface area contributed by atoms with E-state index in [2.05, 4.69) is 5.32 Å².